The van der Waals surface area contributed by atoms with Crippen LogP contribution < -0.4 is 10.5 Å². The Balaban J connectivity index is 0.000000228. The number of benzene rings is 2. The van der Waals surface area contributed by atoms with Crippen LogP contribution in [0.15, 0.2) is 54.6 Å². The first-order chi connectivity index (χ1) is 15.0. The molecule has 3 saturated carbocycles. The van der Waals surface area contributed by atoms with Gasteiger partial charge in [-0.15, -0.1) is 0 Å². The second-order valence-corrected chi connectivity index (χ2v) is 9.03. The maximum absolute atomic E-state index is 10.9. The first-order valence-corrected chi connectivity index (χ1v) is 11.9. The van der Waals surface area contributed by atoms with E-state index in [2.05, 4.69) is 32.0 Å². The molecule has 0 heterocycles. The van der Waals surface area contributed by atoms with Crippen LogP contribution in [0, 0.1) is 16.9 Å². The van der Waals surface area contributed by atoms with Gasteiger partial charge in [0.25, 0.3) is 0 Å². The Morgan fingerprint density at radius 3 is 1.97 bits per heavy atom. The molecule has 0 bridgehead atoms. The smallest absolute Gasteiger partial charge is 0.140 e. The first kappa shape index (κ1) is 26.9. The molecule has 0 aromatic heterocycles. The van der Waals surface area contributed by atoms with Crippen molar-refractivity contribution >= 4 is 5.78 Å². The topological polar surface area (TPSA) is 52.3 Å². The Kier molecular flexibility index (Phi) is 10.6. The molecule has 4 heteroatoms. The minimum absolute atomic E-state index is 0. The molecule has 0 atom stereocenters. The Bertz CT molecular complexity index is 765. The fourth-order valence-corrected chi connectivity index (χ4v) is 4.48. The van der Waals surface area contributed by atoms with Gasteiger partial charge < -0.3 is 10.5 Å². The van der Waals surface area contributed by atoms with E-state index in [1.165, 1.54) is 37.7 Å². The van der Waals surface area contributed by atoms with Crippen molar-refractivity contribution in [2.24, 2.45) is 16.6 Å². The first-order valence-electron chi connectivity index (χ1n) is 11.9. The number of carbonyl (C=O) groups excluding carboxylic acids is 1. The van der Waals surface area contributed by atoms with E-state index in [0.717, 1.165) is 12.2 Å². The number of para-hydroxylation sites is 1. The number of hydrogen-bond donors (Lipinski definition) is 1. The predicted molar refractivity (Wildman–Crippen MR) is 129 cm³/mol. The molecule has 3 aliphatic carbocycles. The maximum atomic E-state index is 10.9. The molecule has 3 aliphatic rings. The number of carbonyl (C=O) groups is 1. The standard InChI is InChI=1S/C9H12O.C9H11.C8H11NO.C2H6.Cf/c10-7-4-9(7)5-8(6-9)2-1-3-8;1-8(2)9-6-4-3-5-7-9;9-6-7-10-8-4-2-1-3-5-8;1-2;/h1-6H2;4-8H,1-2H3;1-5H,6-7,9H2;1-2H3;/q;-1;;;. The third-order valence-electron chi connectivity index (χ3n) is 6.35. The Labute approximate surface area is 189 Å². The molecule has 3 fully saturated rings. The molecule has 2 aromatic rings. The summed E-state index contributed by atoms with van der Waals surface area (Å²) in [4.78, 5) is 10.9. The van der Waals surface area contributed by atoms with Gasteiger partial charge >= 0.3 is 0 Å². The summed E-state index contributed by atoms with van der Waals surface area (Å²) in [6, 6.07) is 20.7. The summed E-state index contributed by atoms with van der Waals surface area (Å²) in [6.45, 7) is 9.53. The Hall–Kier alpha value is -3.13. The average molecular weight is 674 g/mol. The number of ketones is 1. The predicted octanol–water partition coefficient (Wildman–Crippen LogP) is 6.57. The second-order valence-electron chi connectivity index (χ2n) is 9.03. The van der Waals surface area contributed by atoms with Crippen LogP contribution in [0.2, 0.25) is 0 Å². The number of ether oxygens (including phenoxy) is 1. The van der Waals surface area contributed by atoms with Crippen molar-refractivity contribution in [3.63, 3.8) is 0 Å². The van der Waals surface area contributed by atoms with Crippen LogP contribution in [-0.2, 0) is 4.79 Å². The SMILES string of the molecule is CC.CC(C)c1cc[c-]cc1.NCCOc1ccccc1.O=C1CC12CC1(CCC1)C2.[Cf]. The summed E-state index contributed by atoms with van der Waals surface area (Å²) in [6.07, 6.45) is 7.71. The number of rotatable bonds is 4. The molecule has 2 aromatic carbocycles. The molecule has 2 N–H and O–H groups in total. The van der Waals surface area contributed by atoms with Gasteiger partial charge in [0.1, 0.15) is 18.1 Å². The molecule has 3 nitrogen and oxygen atoms in total. The minimum atomic E-state index is 0. The molecular weight excluding hydrogens is 633 g/mol. The summed E-state index contributed by atoms with van der Waals surface area (Å²) in [5.41, 5.74) is 7.61. The summed E-state index contributed by atoms with van der Waals surface area (Å²) in [7, 11) is 0. The van der Waals surface area contributed by atoms with Gasteiger partial charge in [-0.3, -0.25) is 4.79 Å². The van der Waals surface area contributed by atoms with E-state index in [1.54, 1.807) is 0 Å². The average Bonchev–Trinajstić information content (AvgIpc) is 3.44. The van der Waals surface area contributed by atoms with E-state index in [1.807, 2.05) is 56.3 Å². The molecule has 2 spiro atoms. The van der Waals surface area contributed by atoms with E-state index in [-0.39, 0.29) is 5.41 Å². The fourth-order valence-electron chi connectivity index (χ4n) is 4.48. The van der Waals surface area contributed by atoms with Crippen molar-refractivity contribution in [3.8, 4) is 5.75 Å². The van der Waals surface area contributed by atoms with Crippen LogP contribution >= 0.6 is 0 Å². The molecule has 0 saturated heterocycles. The monoisotopic (exact) mass is 671 g/mol. The molecule has 180 valence electrons. The van der Waals surface area contributed by atoms with Crippen LogP contribution in [0.1, 0.15) is 77.7 Å². The molecular formula is C28H40CfNO2-. The van der Waals surface area contributed by atoms with Gasteiger partial charge in [0, 0.05) is 18.4 Å². The summed E-state index contributed by atoms with van der Waals surface area (Å²) in [5.74, 6) is 2.08. The van der Waals surface area contributed by atoms with Crippen LogP contribution in [0.5, 0.6) is 5.75 Å². The van der Waals surface area contributed by atoms with E-state index < -0.39 is 0 Å². The normalized spacial score (nSPS) is 17.6. The van der Waals surface area contributed by atoms with Gasteiger partial charge in [0.05, 0.1) is 0 Å². The van der Waals surface area contributed by atoms with Crippen LogP contribution in [0.3, 0.4) is 0 Å². The summed E-state index contributed by atoms with van der Waals surface area (Å²) >= 11 is 0. The van der Waals surface area contributed by atoms with Crippen molar-refractivity contribution in [3.05, 3.63) is 66.2 Å². The van der Waals surface area contributed by atoms with Crippen LogP contribution in [0.4, 0.5) is 0 Å². The Morgan fingerprint density at radius 1 is 1.03 bits per heavy atom. The third kappa shape index (κ3) is 7.23. The second kappa shape index (κ2) is 12.7. The number of nitrogens with two attached hydrogens (primary N) is 1. The number of Topliss-reactive ketones (excluding diaryl/α,β-unsaturated/α-hetero) is 1. The summed E-state index contributed by atoms with van der Waals surface area (Å²) in [5, 5.41) is 0. The van der Waals surface area contributed by atoms with Gasteiger partial charge in [0.2, 0.25) is 0 Å². The molecule has 0 amide bonds. The van der Waals surface area contributed by atoms with Gasteiger partial charge in [-0.2, -0.15) is 35.9 Å². The van der Waals surface area contributed by atoms with E-state index in [9.17, 15) is 4.79 Å². The zero-order valence-corrected chi connectivity index (χ0v) is 22.8. The minimum Gasteiger partial charge on any atom is -0.492 e. The zero-order chi connectivity index (χ0) is 22.7. The molecule has 32 heavy (non-hydrogen) atoms. The maximum Gasteiger partial charge on any atom is 0.140 e. The van der Waals surface area contributed by atoms with E-state index in [0.29, 0.717) is 30.3 Å². The van der Waals surface area contributed by atoms with E-state index >= 15 is 0 Å². The molecule has 0 radical (unpaired) electrons. The van der Waals surface area contributed by atoms with Crippen molar-refractivity contribution in [1.82, 2.24) is 0 Å². The van der Waals surface area contributed by atoms with Crippen LogP contribution in [-0.4, -0.2) is 18.9 Å². The third-order valence-corrected chi connectivity index (χ3v) is 6.35. The van der Waals surface area contributed by atoms with Gasteiger partial charge in [-0.1, -0.05) is 52.3 Å². The largest absolute Gasteiger partial charge is 0.492 e. The van der Waals surface area contributed by atoms with Crippen molar-refractivity contribution in [2.75, 3.05) is 13.2 Å². The zero-order valence-electron chi connectivity index (χ0n) is 20.1. The molecule has 5 rings (SSSR count). The van der Waals surface area contributed by atoms with Crippen molar-refractivity contribution in [2.45, 2.75) is 72.1 Å². The van der Waals surface area contributed by atoms with Crippen molar-refractivity contribution in [1.29, 1.82) is 0 Å². The summed E-state index contributed by atoms with van der Waals surface area (Å²) < 4.78 is 5.23. The van der Waals surface area contributed by atoms with Gasteiger partial charge in [0.15, 0.2) is 0 Å². The Morgan fingerprint density at radius 2 is 1.59 bits per heavy atom. The molecule has 0 unspecified atom stereocenters. The van der Waals surface area contributed by atoms with Gasteiger partial charge in [-0.05, 0) is 49.1 Å². The van der Waals surface area contributed by atoms with Gasteiger partial charge in [-0.25, -0.2) is 0 Å². The fraction of sp³-hybridized carbons (Fsp3) is 0.536. The van der Waals surface area contributed by atoms with Crippen LogP contribution in [0.25, 0.3) is 0 Å². The van der Waals surface area contributed by atoms with E-state index in [4.69, 9.17) is 10.5 Å². The van der Waals surface area contributed by atoms with Crippen molar-refractivity contribution < 1.29 is 9.53 Å². The molecule has 0 aliphatic heterocycles. The quantitative estimate of drug-likeness (QED) is 0.374. The number of hydrogen-bond acceptors (Lipinski definition) is 3.